The van der Waals surface area contributed by atoms with Gasteiger partial charge in [0.2, 0.25) is 0 Å². The van der Waals surface area contributed by atoms with Gasteiger partial charge in [-0.3, -0.25) is 9.59 Å². The van der Waals surface area contributed by atoms with Crippen LogP contribution in [0.15, 0.2) is 35.8 Å². The van der Waals surface area contributed by atoms with E-state index in [1.165, 1.54) is 11.3 Å². The Morgan fingerprint density at radius 1 is 1.26 bits per heavy atom. The Kier molecular flexibility index (Phi) is 4.09. The lowest BCUT2D eigenvalue weighted by Gasteiger charge is -2.05. The summed E-state index contributed by atoms with van der Waals surface area (Å²) < 4.78 is 0. The fourth-order valence-corrected chi connectivity index (χ4v) is 1.92. The van der Waals surface area contributed by atoms with Crippen LogP contribution in [0.2, 0.25) is 0 Å². The first-order chi connectivity index (χ1) is 9.15. The topological polar surface area (TPSA) is 91.3 Å². The van der Waals surface area contributed by atoms with Gasteiger partial charge in [0.25, 0.3) is 5.91 Å². The van der Waals surface area contributed by atoms with Crippen LogP contribution in [0, 0.1) is 0 Å². The van der Waals surface area contributed by atoms with Crippen molar-refractivity contribution in [3.8, 4) is 0 Å². The van der Waals surface area contributed by atoms with Crippen molar-refractivity contribution < 1.29 is 14.7 Å². The zero-order valence-electron chi connectivity index (χ0n) is 9.79. The number of carboxylic acid groups (broad SMARTS) is 1. The first-order valence-corrected chi connectivity index (χ1v) is 6.29. The third-order valence-electron chi connectivity index (χ3n) is 2.23. The number of thiazole rings is 1. The number of carbonyl (C=O) groups excluding carboxylic acids is 1. The number of benzene rings is 1. The molecule has 0 saturated carbocycles. The van der Waals surface area contributed by atoms with Crippen LogP contribution in [-0.2, 0) is 4.79 Å². The van der Waals surface area contributed by atoms with Gasteiger partial charge in [-0.05, 0) is 24.3 Å². The standard InChI is InChI=1S/C12H11N3O3S/c16-10(17)7-14-11(18)8-1-3-9(4-2-8)15-12-13-5-6-19-12/h1-6H,7H2,(H,13,15)(H,14,18)(H,16,17). The van der Waals surface area contributed by atoms with Crippen molar-refractivity contribution in [1.82, 2.24) is 10.3 Å². The van der Waals surface area contributed by atoms with Crippen LogP contribution in [0.4, 0.5) is 10.8 Å². The molecule has 0 atom stereocenters. The zero-order valence-corrected chi connectivity index (χ0v) is 10.6. The van der Waals surface area contributed by atoms with Gasteiger partial charge in [0, 0.05) is 22.8 Å². The number of carboxylic acids is 1. The van der Waals surface area contributed by atoms with E-state index in [9.17, 15) is 9.59 Å². The molecule has 0 aliphatic rings. The van der Waals surface area contributed by atoms with Crippen molar-refractivity contribution in [1.29, 1.82) is 0 Å². The van der Waals surface area contributed by atoms with Crippen molar-refractivity contribution >= 4 is 34.0 Å². The van der Waals surface area contributed by atoms with Gasteiger partial charge in [-0.15, -0.1) is 11.3 Å². The monoisotopic (exact) mass is 277 g/mol. The molecule has 0 saturated heterocycles. The van der Waals surface area contributed by atoms with Gasteiger partial charge < -0.3 is 15.7 Å². The molecule has 0 spiro atoms. The summed E-state index contributed by atoms with van der Waals surface area (Å²) in [5, 5.41) is 16.5. The lowest BCUT2D eigenvalue weighted by atomic mass is 10.2. The maximum Gasteiger partial charge on any atom is 0.322 e. The third-order valence-corrected chi connectivity index (χ3v) is 2.92. The summed E-state index contributed by atoms with van der Waals surface area (Å²) >= 11 is 1.47. The number of amides is 1. The maximum absolute atomic E-state index is 11.6. The first kappa shape index (κ1) is 13.0. The Labute approximate surface area is 113 Å². The molecule has 0 bridgehead atoms. The number of aromatic nitrogens is 1. The molecule has 2 aromatic rings. The highest BCUT2D eigenvalue weighted by molar-refractivity contribution is 7.13. The Morgan fingerprint density at radius 3 is 2.58 bits per heavy atom. The largest absolute Gasteiger partial charge is 0.480 e. The smallest absolute Gasteiger partial charge is 0.322 e. The second kappa shape index (κ2) is 5.96. The predicted octanol–water partition coefficient (Wildman–Crippen LogP) is 1.70. The molecule has 6 nitrogen and oxygen atoms in total. The molecule has 3 N–H and O–H groups in total. The lowest BCUT2D eigenvalue weighted by Crippen LogP contribution is -2.29. The minimum absolute atomic E-state index is 0.391. The normalized spacial score (nSPS) is 9.89. The number of rotatable bonds is 5. The van der Waals surface area contributed by atoms with Gasteiger partial charge in [-0.25, -0.2) is 4.98 Å². The van der Waals surface area contributed by atoms with E-state index in [1.54, 1.807) is 30.5 Å². The molecule has 0 unspecified atom stereocenters. The number of aliphatic carboxylic acids is 1. The average molecular weight is 277 g/mol. The number of carbonyl (C=O) groups is 2. The summed E-state index contributed by atoms with van der Waals surface area (Å²) in [6.07, 6.45) is 1.70. The fraction of sp³-hybridized carbons (Fsp3) is 0.0833. The van der Waals surface area contributed by atoms with Gasteiger partial charge in [-0.2, -0.15) is 0 Å². The molecular weight excluding hydrogens is 266 g/mol. The van der Waals surface area contributed by atoms with Crippen LogP contribution in [0.3, 0.4) is 0 Å². The molecule has 0 aliphatic carbocycles. The van der Waals surface area contributed by atoms with E-state index in [0.717, 1.165) is 10.8 Å². The number of hydrogen-bond donors (Lipinski definition) is 3. The minimum Gasteiger partial charge on any atom is -0.480 e. The Bertz CT molecular complexity index is 566. The fourth-order valence-electron chi connectivity index (χ4n) is 1.37. The minimum atomic E-state index is -1.07. The molecule has 0 radical (unpaired) electrons. The molecular formula is C12H11N3O3S. The van der Waals surface area contributed by atoms with Crippen molar-refractivity contribution in [2.75, 3.05) is 11.9 Å². The van der Waals surface area contributed by atoms with Crippen molar-refractivity contribution in [2.24, 2.45) is 0 Å². The Balaban J connectivity index is 1.98. The van der Waals surface area contributed by atoms with E-state index in [4.69, 9.17) is 5.11 Å². The average Bonchev–Trinajstić information content (AvgIpc) is 2.89. The Morgan fingerprint density at radius 2 is 2.00 bits per heavy atom. The highest BCUT2D eigenvalue weighted by atomic mass is 32.1. The van der Waals surface area contributed by atoms with E-state index in [1.807, 2.05) is 5.38 Å². The van der Waals surface area contributed by atoms with Crippen LogP contribution in [-0.4, -0.2) is 28.5 Å². The third kappa shape index (κ3) is 3.78. The second-order valence-electron chi connectivity index (χ2n) is 3.62. The zero-order chi connectivity index (χ0) is 13.7. The van der Waals surface area contributed by atoms with Gasteiger partial charge in [0.1, 0.15) is 6.54 Å². The van der Waals surface area contributed by atoms with Crippen LogP contribution >= 0.6 is 11.3 Å². The highest BCUT2D eigenvalue weighted by Gasteiger charge is 2.07. The van der Waals surface area contributed by atoms with E-state index in [0.29, 0.717) is 5.56 Å². The van der Waals surface area contributed by atoms with Crippen LogP contribution in [0.1, 0.15) is 10.4 Å². The van der Waals surface area contributed by atoms with Crippen LogP contribution in [0.5, 0.6) is 0 Å². The highest BCUT2D eigenvalue weighted by Crippen LogP contribution is 2.18. The van der Waals surface area contributed by atoms with Gasteiger partial charge >= 0.3 is 5.97 Å². The number of nitrogens with one attached hydrogen (secondary N) is 2. The summed E-state index contributed by atoms with van der Waals surface area (Å²) in [7, 11) is 0. The summed E-state index contributed by atoms with van der Waals surface area (Å²) in [4.78, 5) is 26.0. The SMILES string of the molecule is O=C(O)CNC(=O)c1ccc(Nc2nccs2)cc1. The molecule has 98 valence electrons. The predicted molar refractivity (Wildman–Crippen MR) is 71.8 cm³/mol. The molecule has 1 aromatic heterocycles. The maximum atomic E-state index is 11.6. The summed E-state index contributed by atoms with van der Waals surface area (Å²) in [5.41, 5.74) is 1.22. The summed E-state index contributed by atoms with van der Waals surface area (Å²) in [6, 6.07) is 6.70. The first-order valence-electron chi connectivity index (χ1n) is 5.42. The second-order valence-corrected chi connectivity index (χ2v) is 4.51. The lowest BCUT2D eigenvalue weighted by molar-refractivity contribution is -0.135. The molecule has 0 aliphatic heterocycles. The van der Waals surface area contributed by atoms with Crippen molar-refractivity contribution in [2.45, 2.75) is 0 Å². The number of hydrogen-bond acceptors (Lipinski definition) is 5. The molecule has 19 heavy (non-hydrogen) atoms. The molecule has 7 heteroatoms. The Hall–Kier alpha value is -2.41. The van der Waals surface area contributed by atoms with Crippen molar-refractivity contribution in [3.63, 3.8) is 0 Å². The van der Waals surface area contributed by atoms with Crippen LogP contribution < -0.4 is 10.6 Å². The molecule has 0 fully saturated rings. The van der Waals surface area contributed by atoms with Crippen molar-refractivity contribution in [3.05, 3.63) is 41.4 Å². The van der Waals surface area contributed by atoms with E-state index >= 15 is 0 Å². The molecule has 2 rings (SSSR count). The summed E-state index contributed by atoms with van der Waals surface area (Å²) in [6.45, 7) is -0.391. The summed E-state index contributed by atoms with van der Waals surface area (Å²) in [5.74, 6) is -1.49. The number of nitrogens with zero attached hydrogens (tertiary/aromatic N) is 1. The quantitative estimate of drug-likeness (QED) is 0.773. The van der Waals surface area contributed by atoms with E-state index in [2.05, 4.69) is 15.6 Å². The molecule has 1 amide bonds. The van der Waals surface area contributed by atoms with E-state index < -0.39 is 18.4 Å². The van der Waals surface area contributed by atoms with E-state index in [-0.39, 0.29) is 0 Å². The molecule has 1 aromatic carbocycles. The van der Waals surface area contributed by atoms with Gasteiger partial charge in [0.05, 0.1) is 0 Å². The van der Waals surface area contributed by atoms with Gasteiger partial charge in [0.15, 0.2) is 5.13 Å². The molecule has 1 heterocycles. The van der Waals surface area contributed by atoms with Gasteiger partial charge in [-0.1, -0.05) is 0 Å². The van der Waals surface area contributed by atoms with Crippen LogP contribution in [0.25, 0.3) is 0 Å². The number of anilines is 2.